The Hall–Kier alpha value is -2.37. The molecule has 26 heavy (non-hydrogen) atoms. The van der Waals surface area contributed by atoms with Gasteiger partial charge in [0.05, 0.1) is 0 Å². The monoisotopic (exact) mass is 368 g/mol. The number of hydrogen-bond acceptors (Lipinski definition) is 1. The molecule has 0 unspecified atom stereocenters. The maximum atomic E-state index is 14.3. The number of rotatable bonds is 4. The molecule has 1 nitrogen and oxygen atoms in total. The maximum absolute atomic E-state index is 14.3. The highest BCUT2D eigenvalue weighted by Crippen LogP contribution is 2.36. The highest BCUT2D eigenvalue weighted by Gasteiger charge is 2.35. The number of aryl methyl sites for hydroxylation is 1. The van der Waals surface area contributed by atoms with E-state index in [1.54, 1.807) is 6.08 Å². The number of halogens is 5. The molecule has 2 aromatic rings. The second-order valence-electron chi connectivity index (χ2n) is 6.24. The van der Waals surface area contributed by atoms with Gasteiger partial charge in [0, 0.05) is 0 Å². The van der Waals surface area contributed by atoms with E-state index >= 15 is 0 Å². The van der Waals surface area contributed by atoms with Crippen LogP contribution in [0.2, 0.25) is 0 Å². The van der Waals surface area contributed by atoms with E-state index in [2.05, 4.69) is 11.7 Å². The molecule has 0 bridgehead atoms. The summed E-state index contributed by atoms with van der Waals surface area (Å²) in [6.45, 7) is 2.09. The van der Waals surface area contributed by atoms with Crippen LogP contribution in [0.1, 0.15) is 35.6 Å². The first-order valence-corrected chi connectivity index (χ1v) is 8.32. The molecule has 0 saturated heterocycles. The van der Waals surface area contributed by atoms with Gasteiger partial charge in [0.15, 0.2) is 11.6 Å². The summed E-state index contributed by atoms with van der Waals surface area (Å²) < 4.78 is 68.8. The molecule has 0 heterocycles. The van der Waals surface area contributed by atoms with Gasteiger partial charge in [0.25, 0.3) is 0 Å². The van der Waals surface area contributed by atoms with Crippen LogP contribution >= 0.6 is 0 Å². The first-order valence-electron chi connectivity index (χ1n) is 8.32. The van der Waals surface area contributed by atoms with E-state index in [1.165, 1.54) is 5.56 Å². The first-order chi connectivity index (χ1) is 12.3. The van der Waals surface area contributed by atoms with Crippen LogP contribution in [0.4, 0.5) is 22.0 Å². The van der Waals surface area contributed by atoms with Crippen LogP contribution in [0.5, 0.6) is 5.75 Å². The third kappa shape index (κ3) is 3.89. The van der Waals surface area contributed by atoms with Crippen molar-refractivity contribution in [1.82, 2.24) is 0 Å². The Labute approximate surface area is 148 Å². The molecular formula is C20H17F5O. The van der Waals surface area contributed by atoms with Gasteiger partial charge in [-0.25, -0.2) is 8.78 Å². The summed E-state index contributed by atoms with van der Waals surface area (Å²) in [7, 11) is 0. The lowest BCUT2D eigenvalue weighted by molar-refractivity contribution is -0.276. The Balaban J connectivity index is 1.88. The van der Waals surface area contributed by atoms with Gasteiger partial charge in [-0.1, -0.05) is 43.7 Å². The molecule has 0 N–H and O–H groups in total. The fourth-order valence-electron chi connectivity index (χ4n) is 3.17. The Kier molecular flexibility index (Phi) is 5.03. The molecule has 0 aliphatic heterocycles. The van der Waals surface area contributed by atoms with Crippen LogP contribution in [-0.4, -0.2) is 6.36 Å². The van der Waals surface area contributed by atoms with Crippen molar-refractivity contribution in [2.24, 2.45) is 0 Å². The SMILES string of the molecule is CCCc1ccc(C2=CCc3c(cc(F)c(OC(F)(F)F)c3F)C2)cc1. The molecule has 1 aliphatic carbocycles. The van der Waals surface area contributed by atoms with Gasteiger partial charge in [-0.15, -0.1) is 13.2 Å². The topological polar surface area (TPSA) is 9.23 Å². The van der Waals surface area contributed by atoms with E-state index in [1.807, 2.05) is 24.3 Å². The minimum absolute atomic E-state index is 0.0389. The van der Waals surface area contributed by atoms with Crippen LogP contribution in [-0.2, 0) is 19.3 Å². The van der Waals surface area contributed by atoms with Crippen molar-refractivity contribution in [1.29, 1.82) is 0 Å². The molecule has 6 heteroatoms. The Morgan fingerprint density at radius 2 is 1.77 bits per heavy atom. The van der Waals surface area contributed by atoms with E-state index in [-0.39, 0.29) is 18.4 Å². The summed E-state index contributed by atoms with van der Waals surface area (Å²) in [6.07, 6.45) is -1.04. The normalized spacial score (nSPS) is 14.0. The van der Waals surface area contributed by atoms with Gasteiger partial charge in [-0.05, 0) is 53.2 Å². The number of benzene rings is 2. The molecule has 0 amide bonds. The van der Waals surface area contributed by atoms with Crippen LogP contribution in [0.15, 0.2) is 36.4 Å². The summed E-state index contributed by atoms with van der Waals surface area (Å²) in [5.41, 5.74) is 3.41. The zero-order valence-corrected chi connectivity index (χ0v) is 14.1. The highest BCUT2D eigenvalue weighted by atomic mass is 19.4. The second-order valence-corrected chi connectivity index (χ2v) is 6.24. The lowest BCUT2D eigenvalue weighted by Crippen LogP contribution is -2.20. The van der Waals surface area contributed by atoms with E-state index in [4.69, 9.17) is 0 Å². The summed E-state index contributed by atoms with van der Waals surface area (Å²) in [5, 5.41) is 0. The predicted octanol–water partition coefficient (Wildman–Crippen LogP) is 6.00. The summed E-state index contributed by atoms with van der Waals surface area (Å²) >= 11 is 0. The largest absolute Gasteiger partial charge is 0.573 e. The van der Waals surface area contributed by atoms with Crippen molar-refractivity contribution < 1.29 is 26.7 Å². The van der Waals surface area contributed by atoms with E-state index in [9.17, 15) is 22.0 Å². The quantitative estimate of drug-likeness (QED) is 0.602. The Bertz CT molecular complexity index is 835. The van der Waals surface area contributed by atoms with E-state index in [0.717, 1.165) is 30.0 Å². The summed E-state index contributed by atoms with van der Waals surface area (Å²) in [5.74, 6) is -4.03. The van der Waals surface area contributed by atoms with Crippen molar-refractivity contribution in [3.05, 3.63) is 70.3 Å². The van der Waals surface area contributed by atoms with Crippen LogP contribution < -0.4 is 4.74 Å². The smallest absolute Gasteiger partial charge is 0.399 e. The first kappa shape index (κ1) is 18.4. The minimum atomic E-state index is -5.15. The van der Waals surface area contributed by atoms with Gasteiger partial charge in [0.2, 0.25) is 5.75 Å². The average Bonchev–Trinajstić information content (AvgIpc) is 2.58. The summed E-state index contributed by atoms with van der Waals surface area (Å²) in [6, 6.07) is 8.86. The fraction of sp³-hybridized carbons (Fsp3) is 0.300. The lowest BCUT2D eigenvalue weighted by atomic mass is 9.87. The maximum Gasteiger partial charge on any atom is 0.573 e. The molecule has 0 aromatic heterocycles. The Morgan fingerprint density at radius 1 is 1.08 bits per heavy atom. The molecule has 0 fully saturated rings. The molecular weight excluding hydrogens is 351 g/mol. The second kappa shape index (κ2) is 7.09. The zero-order valence-electron chi connectivity index (χ0n) is 14.1. The minimum Gasteiger partial charge on any atom is -0.399 e. The molecule has 0 atom stereocenters. The van der Waals surface area contributed by atoms with Crippen LogP contribution in [0.3, 0.4) is 0 Å². The van der Waals surface area contributed by atoms with Crippen LogP contribution in [0.25, 0.3) is 5.57 Å². The number of ether oxygens (including phenoxy) is 1. The molecule has 0 saturated carbocycles. The number of alkyl halides is 3. The van der Waals surface area contributed by atoms with Crippen molar-refractivity contribution in [3.8, 4) is 5.75 Å². The molecule has 0 spiro atoms. The number of hydrogen-bond donors (Lipinski definition) is 0. The number of allylic oxidation sites excluding steroid dienone is 2. The Morgan fingerprint density at radius 3 is 2.38 bits per heavy atom. The molecule has 1 aliphatic rings. The van der Waals surface area contributed by atoms with Crippen molar-refractivity contribution in [2.45, 2.75) is 39.0 Å². The number of fused-ring (bicyclic) bond motifs is 1. The highest BCUT2D eigenvalue weighted by molar-refractivity contribution is 5.71. The van der Waals surface area contributed by atoms with Crippen molar-refractivity contribution in [2.75, 3.05) is 0 Å². The van der Waals surface area contributed by atoms with Gasteiger partial charge in [0.1, 0.15) is 0 Å². The third-order valence-electron chi connectivity index (χ3n) is 4.38. The van der Waals surface area contributed by atoms with Crippen molar-refractivity contribution >= 4 is 5.57 Å². The van der Waals surface area contributed by atoms with E-state index < -0.39 is 23.7 Å². The fourth-order valence-corrected chi connectivity index (χ4v) is 3.17. The van der Waals surface area contributed by atoms with Crippen LogP contribution in [0, 0.1) is 11.6 Å². The predicted molar refractivity (Wildman–Crippen MR) is 88.9 cm³/mol. The summed E-state index contributed by atoms with van der Waals surface area (Å²) in [4.78, 5) is 0. The van der Waals surface area contributed by atoms with Gasteiger partial charge >= 0.3 is 6.36 Å². The molecule has 2 aromatic carbocycles. The zero-order chi connectivity index (χ0) is 18.9. The lowest BCUT2D eigenvalue weighted by Gasteiger charge is -2.21. The van der Waals surface area contributed by atoms with Gasteiger partial charge < -0.3 is 4.74 Å². The average molecular weight is 368 g/mol. The van der Waals surface area contributed by atoms with Gasteiger partial charge in [-0.3, -0.25) is 0 Å². The third-order valence-corrected chi connectivity index (χ3v) is 4.38. The van der Waals surface area contributed by atoms with E-state index in [0.29, 0.717) is 5.56 Å². The van der Waals surface area contributed by atoms with Gasteiger partial charge in [-0.2, -0.15) is 0 Å². The molecule has 0 radical (unpaired) electrons. The molecule has 3 rings (SSSR count). The standard InChI is InChI=1S/C20H17F5O/c1-2-3-12-4-6-13(7-5-12)14-8-9-16-15(10-14)11-17(21)19(18(16)22)26-20(23,24)25/h4-8,11H,2-3,9-10H2,1H3. The van der Waals surface area contributed by atoms with Crippen molar-refractivity contribution in [3.63, 3.8) is 0 Å². The molecule has 138 valence electrons.